The molecule has 0 aliphatic rings. The van der Waals surface area contributed by atoms with Gasteiger partial charge in [-0.05, 0) is 57.8 Å². The van der Waals surface area contributed by atoms with Crippen LogP contribution in [0, 0.1) is 0 Å². The Morgan fingerprint density at radius 2 is 0.927 bits per heavy atom. The fourth-order valence-electron chi connectivity index (χ4n) is 7.34. The topological polar surface area (TPSA) is 95.9 Å². The van der Waals surface area contributed by atoms with Crippen molar-refractivity contribution in [1.29, 1.82) is 0 Å². The summed E-state index contributed by atoms with van der Waals surface area (Å²) in [6.45, 7) is 6.43. The Labute approximate surface area is 341 Å². The van der Waals surface area contributed by atoms with Crippen LogP contribution in [0.15, 0.2) is 24.3 Å². The highest BCUT2D eigenvalue weighted by Crippen LogP contribution is 2.18. The number of aliphatic hydroxyl groups is 2. The van der Waals surface area contributed by atoms with Crippen LogP contribution in [0.5, 0.6) is 0 Å². The zero-order valence-electron chi connectivity index (χ0n) is 36.8. The van der Waals surface area contributed by atoms with Crippen LogP contribution in [0.2, 0.25) is 0 Å². The Kier molecular flexibility index (Phi) is 42.2. The molecular weight excluding hydrogens is 683 g/mol. The lowest BCUT2D eigenvalue weighted by Crippen LogP contribution is -2.46. The molecule has 6 nitrogen and oxygen atoms in total. The van der Waals surface area contributed by atoms with E-state index in [2.05, 4.69) is 50.4 Å². The Hall–Kier alpha value is -1.66. The van der Waals surface area contributed by atoms with Gasteiger partial charge in [-0.25, -0.2) is 0 Å². The minimum atomic E-state index is -0.785. The first-order valence-electron chi connectivity index (χ1n) is 24.1. The average molecular weight is 776 g/mol. The van der Waals surface area contributed by atoms with Gasteiger partial charge in [0.15, 0.2) is 0 Å². The quantitative estimate of drug-likeness (QED) is 0.0326. The van der Waals surface area contributed by atoms with Crippen molar-refractivity contribution >= 4 is 11.9 Å². The predicted octanol–water partition coefficient (Wildman–Crippen LogP) is 14.0. The van der Waals surface area contributed by atoms with Crippen molar-refractivity contribution in [2.75, 3.05) is 6.61 Å². The standard InChI is InChI=1S/C49H93NO5/c1-4-7-10-13-16-19-21-23-24-25-26-29-31-34-37-40-45(55-49(54)42-39-36-33-30-27-22-20-17-14-11-8-5-2)43-48(53)50-46(44-51)47(52)41-38-35-32-28-18-15-12-9-6-3/h16,19,23-24,45-47,51-52H,4-15,17-18,20-22,25-44H2,1-3H3,(H,50,53)/b19-16-,24-23-. The molecule has 0 radical (unpaired) electrons. The summed E-state index contributed by atoms with van der Waals surface area (Å²) in [6.07, 6.45) is 48.0. The van der Waals surface area contributed by atoms with Gasteiger partial charge in [0.1, 0.15) is 6.10 Å². The van der Waals surface area contributed by atoms with E-state index in [9.17, 15) is 19.8 Å². The molecule has 0 saturated carbocycles. The lowest BCUT2D eigenvalue weighted by Gasteiger charge is -2.24. The van der Waals surface area contributed by atoms with E-state index in [1.807, 2.05) is 0 Å². The number of allylic oxidation sites excluding steroid dienone is 4. The lowest BCUT2D eigenvalue weighted by molar-refractivity contribution is -0.151. The highest BCUT2D eigenvalue weighted by molar-refractivity contribution is 5.77. The van der Waals surface area contributed by atoms with E-state index in [0.717, 1.165) is 70.6 Å². The number of unbranched alkanes of at least 4 members (excludes halogenated alkanes) is 27. The Balaban J connectivity index is 4.60. The van der Waals surface area contributed by atoms with Gasteiger partial charge < -0.3 is 20.3 Å². The maximum absolute atomic E-state index is 13.1. The third kappa shape index (κ3) is 39.0. The van der Waals surface area contributed by atoms with Gasteiger partial charge >= 0.3 is 5.97 Å². The molecule has 0 saturated heterocycles. The molecule has 0 bridgehead atoms. The van der Waals surface area contributed by atoms with E-state index < -0.39 is 18.2 Å². The number of carbonyl (C=O) groups is 2. The summed E-state index contributed by atoms with van der Waals surface area (Å²) in [7, 11) is 0. The third-order valence-electron chi connectivity index (χ3n) is 11.0. The average Bonchev–Trinajstić information content (AvgIpc) is 3.18. The molecule has 324 valence electrons. The first kappa shape index (κ1) is 53.3. The number of rotatable bonds is 43. The number of esters is 1. The van der Waals surface area contributed by atoms with Crippen molar-refractivity contribution in [3.63, 3.8) is 0 Å². The normalized spacial score (nSPS) is 13.5. The van der Waals surface area contributed by atoms with Gasteiger partial charge in [0.2, 0.25) is 5.91 Å². The molecule has 0 aromatic rings. The van der Waals surface area contributed by atoms with E-state index in [1.54, 1.807) is 0 Å². The second-order valence-corrected chi connectivity index (χ2v) is 16.5. The second-order valence-electron chi connectivity index (χ2n) is 16.5. The molecule has 3 atom stereocenters. The van der Waals surface area contributed by atoms with Crippen LogP contribution in [0.4, 0.5) is 0 Å². The molecule has 0 spiro atoms. The smallest absolute Gasteiger partial charge is 0.306 e. The van der Waals surface area contributed by atoms with Gasteiger partial charge in [0, 0.05) is 6.42 Å². The predicted molar refractivity (Wildman–Crippen MR) is 236 cm³/mol. The van der Waals surface area contributed by atoms with Crippen molar-refractivity contribution in [1.82, 2.24) is 5.32 Å². The van der Waals surface area contributed by atoms with E-state index >= 15 is 0 Å². The minimum absolute atomic E-state index is 0.0727. The van der Waals surface area contributed by atoms with Gasteiger partial charge in [0.25, 0.3) is 0 Å². The van der Waals surface area contributed by atoms with Gasteiger partial charge in [-0.2, -0.15) is 0 Å². The number of aliphatic hydroxyl groups excluding tert-OH is 2. The number of hydrogen-bond acceptors (Lipinski definition) is 5. The van der Waals surface area contributed by atoms with E-state index in [4.69, 9.17) is 4.74 Å². The number of nitrogens with one attached hydrogen (secondary N) is 1. The van der Waals surface area contributed by atoms with Gasteiger partial charge in [0.05, 0.1) is 25.2 Å². The molecule has 55 heavy (non-hydrogen) atoms. The van der Waals surface area contributed by atoms with Crippen LogP contribution < -0.4 is 5.32 Å². The van der Waals surface area contributed by atoms with Crippen molar-refractivity contribution in [3.05, 3.63) is 24.3 Å². The molecular formula is C49H93NO5. The van der Waals surface area contributed by atoms with Gasteiger partial charge in [-0.15, -0.1) is 0 Å². The molecule has 3 unspecified atom stereocenters. The molecule has 3 N–H and O–H groups in total. The summed E-state index contributed by atoms with van der Waals surface area (Å²) in [4.78, 5) is 26.0. The number of carbonyl (C=O) groups excluding carboxylic acids is 2. The van der Waals surface area contributed by atoms with E-state index in [-0.39, 0.29) is 24.9 Å². The zero-order valence-corrected chi connectivity index (χ0v) is 36.8. The van der Waals surface area contributed by atoms with E-state index in [0.29, 0.717) is 19.3 Å². The number of ether oxygens (including phenoxy) is 1. The summed E-state index contributed by atoms with van der Waals surface area (Å²) in [5.74, 6) is -0.479. The molecule has 0 aliphatic carbocycles. The maximum Gasteiger partial charge on any atom is 0.306 e. The molecule has 0 rings (SSSR count). The number of amides is 1. The number of hydrogen-bond donors (Lipinski definition) is 3. The highest BCUT2D eigenvalue weighted by atomic mass is 16.5. The Morgan fingerprint density at radius 1 is 0.527 bits per heavy atom. The Morgan fingerprint density at radius 3 is 1.42 bits per heavy atom. The first-order valence-corrected chi connectivity index (χ1v) is 24.1. The summed E-state index contributed by atoms with van der Waals surface area (Å²) in [5, 5.41) is 23.6. The van der Waals surface area contributed by atoms with Crippen LogP contribution in [0.25, 0.3) is 0 Å². The molecule has 0 aliphatic heterocycles. The SMILES string of the molecule is CCCCC/C=C\C/C=C\CCCCCCCC(CC(=O)NC(CO)C(O)CCCCCCCCCCC)OC(=O)CCCCCCCCCCCCCC. The molecule has 0 heterocycles. The highest BCUT2D eigenvalue weighted by Gasteiger charge is 2.24. The summed E-state index contributed by atoms with van der Waals surface area (Å²) < 4.78 is 5.91. The summed E-state index contributed by atoms with van der Waals surface area (Å²) >= 11 is 0. The molecule has 6 heteroatoms. The minimum Gasteiger partial charge on any atom is -0.462 e. The van der Waals surface area contributed by atoms with Gasteiger partial charge in [-0.1, -0.05) is 206 Å². The molecule has 0 fully saturated rings. The van der Waals surface area contributed by atoms with Crippen LogP contribution in [0.1, 0.15) is 252 Å². The second kappa shape index (κ2) is 43.5. The van der Waals surface area contributed by atoms with Crippen LogP contribution >= 0.6 is 0 Å². The van der Waals surface area contributed by atoms with Crippen LogP contribution in [0.3, 0.4) is 0 Å². The van der Waals surface area contributed by atoms with Crippen molar-refractivity contribution in [2.24, 2.45) is 0 Å². The maximum atomic E-state index is 13.1. The Bertz CT molecular complexity index is 873. The zero-order chi connectivity index (χ0) is 40.3. The van der Waals surface area contributed by atoms with Crippen molar-refractivity contribution in [3.8, 4) is 0 Å². The monoisotopic (exact) mass is 776 g/mol. The molecule has 1 amide bonds. The van der Waals surface area contributed by atoms with Crippen molar-refractivity contribution in [2.45, 2.75) is 270 Å². The fourth-order valence-corrected chi connectivity index (χ4v) is 7.34. The molecule has 0 aromatic carbocycles. The molecule has 0 aromatic heterocycles. The van der Waals surface area contributed by atoms with Crippen LogP contribution in [-0.2, 0) is 14.3 Å². The van der Waals surface area contributed by atoms with Crippen molar-refractivity contribution < 1.29 is 24.5 Å². The fraction of sp³-hybridized carbons (Fsp3) is 0.878. The lowest BCUT2D eigenvalue weighted by atomic mass is 10.0. The largest absolute Gasteiger partial charge is 0.462 e. The first-order chi connectivity index (χ1) is 27.0. The van der Waals surface area contributed by atoms with Gasteiger partial charge in [-0.3, -0.25) is 9.59 Å². The van der Waals surface area contributed by atoms with Crippen LogP contribution in [-0.4, -0.2) is 46.9 Å². The third-order valence-corrected chi connectivity index (χ3v) is 11.0. The summed E-state index contributed by atoms with van der Waals surface area (Å²) in [5.41, 5.74) is 0. The van der Waals surface area contributed by atoms with E-state index in [1.165, 1.54) is 135 Å². The summed E-state index contributed by atoms with van der Waals surface area (Å²) in [6, 6.07) is -0.699.